The van der Waals surface area contributed by atoms with Crippen LogP contribution in [-0.2, 0) is 6.61 Å². The first-order valence-electron chi connectivity index (χ1n) is 5.80. The molecule has 0 atom stereocenters. The molecular weight excluding hydrogens is 329 g/mol. The fourth-order valence-corrected chi connectivity index (χ4v) is 2.08. The van der Waals surface area contributed by atoms with Crippen molar-refractivity contribution in [2.24, 2.45) is 0 Å². The van der Waals surface area contributed by atoms with E-state index in [0.717, 1.165) is 5.56 Å². The van der Waals surface area contributed by atoms with E-state index in [1.54, 1.807) is 24.3 Å². The summed E-state index contributed by atoms with van der Waals surface area (Å²) in [6, 6.07) is 9.20. The number of rotatable bonds is 4. The molecule has 0 aliphatic rings. The number of halogens is 2. The van der Waals surface area contributed by atoms with Gasteiger partial charge in [-0.3, -0.25) is 10.1 Å². The number of nitro groups is 1. The van der Waals surface area contributed by atoms with Crippen LogP contribution in [0.4, 0.5) is 10.1 Å². The molecule has 20 heavy (non-hydrogen) atoms. The van der Waals surface area contributed by atoms with Gasteiger partial charge in [0.05, 0.1) is 9.40 Å². The van der Waals surface area contributed by atoms with Crippen LogP contribution < -0.4 is 4.74 Å². The fraction of sp³-hybridized carbons (Fsp3) is 0.143. The van der Waals surface area contributed by atoms with E-state index < -0.39 is 10.7 Å². The molecule has 0 radical (unpaired) electrons. The van der Waals surface area contributed by atoms with Crippen molar-refractivity contribution in [1.29, 1.82) is 0 Å². The molecule has 0 aromatic heterocycles. The van der Waals surface area contributed by atoms with E-state index in [9.17, 15) is 14.5 Å². The first-order valence-corrected chi connectivity index (χ1v) is 6.59. The second kappa shape index (κ2) is 6.00. The van der Waals surface area contributed by atoms with Crippen LogP contribution in [0.15, 0.2) is 40.9 Å². The summed E-state index contributed by atoms with van der Waals surface area (Å²) in [6.07, 6.45) is 0. The number of benzene rings is 2. The van der Waals surface area contributed by atoms with Gasteiger partial charge in [0, 0.05) is 11.6 Å². The van der Waals surface area contributed by atoms with Gasteiger partial charge in [0.1, 0.15) is 12.4 Å². The van der Waals surface area contributed by atoms with E-state index in [-0.39, 0.29) is 18.0 Å². The number of hydrogen-bond acceptors (Lipinski definition) is 3. The summed E-state index contributed by atoms with van der Waals surface area (Å²) < 4.78 is 19.1. The molecule has 6 heteroatoms. The lowest BCUT2D eigenvalue weighted by Gasteiger charge is -2.09. The predicted octanol–water partition coefficient (Wildman–Crippen LogP) is 4.38. The molecule has 2 rings (SSSR count). The van der Waals surface area contributed by atoms with Crippen molar-refractivity contribution >= 4 is 21.6 Å². The molecule has 0 saturated carbocycles. The fourth-order valence-electron chi connectivity index (χ4n) is 1.70. The van der Waals surface area contributed by atoms with E-state index in [2.05, 4.69) is 15.9 Å². The highest BCUT2D eigenvalue weighted by atomic mass is 79.9. The summed E-state index contributed by atoms with van der Waals surface area (Å²) in [5, 5.41) is 10.9. The maximum atomic E-state index is 13.4. The van der Waals surface area contributed by atoms with Crippen LogP contribution in [0.2, 0.25) is 0 Å². The Hall–Kier alpha value is -1.95. The van der Waals surface area contributed by atoms with E-state index in [1.165, 1.54) is 12.1 Å². The third-order valence-corrected chi connectivity index (χ3v) is 3.61. The Balaban J connectivity index is 2.24. The molecule has 2 aromatic rings. The summed E-state index contributed by atoms with van der Waals surface area (Å²) in [5.41, 5.74) is 1.33. The van der Waals surface area contributed by atoms with Crippen molar-refractivity contribution in [1.82, 2.24) is 0 Å². The molecule has 0 heterocycles. The van der Waals surface area contributed by atoms with Gasteiger partial charge in [-0.15, -0.1) is 0 Å². The maximum absolute atomic E-state index is 13.4. The van der Waals surface area contributed by atoms with Crippen LogP contribution in [-0.4, -0.2) is 4.92 Å². The summed E-state index contributed by atoms with van der Waals surface area (Å²) in [7, 11) is 0. The van der Waals surface area contributed by atoms with Crippen LogP contribution in [0.5, 0.6) is 5.75 Å². The van der Waals surface area contributed by atoms with Gasteiger partial charge in [-0.2, -0.15) is 0 Å². The predicted molar refractivity (Wildman–Crippen MR) is 76.3 cm³/mol. The number of nitrogens with zero attached hydrogens (tertiary/aromatic N) is 1. The zero-order valence-corrected chi connectivity index (χ0v) is 12.2. The minimum Gasteiger partial charge on any atom is -0.482 e. The molecule has 0 aliphatic heterocycles. The van der Waals surface area contributed by atoms with Gasteiger partial charge in [0.15, 0.2) is 5.75 Å². The zero-order valence-electron chi connectivity index (χ0n) is 10.6. The quantitative estimate of drug-likeness (QED) is 0.613. The Bertz CT molecular complexity index is 661. The lowest BCUT2D eigenvalue weighted by molar-refractivity contribution is -0.386. The van der Waals surface area contributed by atoms with Gasteiger partial charge < -0.3 is 4.74 Å². The first kappa shape index (κ1) is 14.5. The van der Waals surface area contributed by atoms with Crippen LogP contribution in [0.25, 0.3) is 0 Å². The van der Waals surface area contributed by atoms with Crippen molar-refractivity contribution < 1.29 is 14.1 Å². The Morgan fingerprint density at radius 3 is 2.80 bits per heavy atom. The molecule has 0 unspecified atom stereocenters. The van der Waals surface area contributed by atoms with E-state index in [1.807, 2.05) is 6.92 Å². The molecule has 104 valence electrons. The average Bonchev–Trinajstić information content (AvgIpc) is 2.40. The van der Waals surface area contributed by atoms with Crippen molar-refractivity contribution in [3.05, 3.63) is 67.9 Å². The molecule has 0 aliphatic carbocycles. The maximum Gasteiger partial charge on any atom is 0.310 e. The highest BCUT2D eigenvalue weighted by Gasteiger charge is 2.15. The summed E-state index contributed by atoms with van der Waals surface area (Å²) in [6.45, 7) is 1.86. The first-order chi connectivity index (χ1) is 9.49. The topological polar surface area (TPSA) is 52.4 Å². The average molecular weight is 340 g/mol. The normalized spacial score (nSPS) is 10.3. The van der Waals surface area contributed by atoms with Crippen molar-refractivity contribution in [2.75, 3.05) is 0 Å². The van der Waals surface area contributed by atoms with Gasteiger partial charge in [-0.1, -0.05) is 18.2 Å². The smallest absolute Gasteiger partial charge is 0.310 e. The van der Waals surface area contributed by atoms with Gasteiger partial charge in [-0.05, 0) is 40.5 Å². The highest BCUT2D eigenvalue weighted by Crippen LogP contribution is 2.29. The molecule has 4 nitrogen and oxygen atoms in total. The van der Waals surface area contributed by atoms with Crippen molar-refractivity contribution in [3.8, 4) is 5.75 Å². The summed E-state index contributed by atoms with van der Waals surface area (Å²) in [4.78, 5) is 10.4. The van der Waals surface area contributed by atoms with Crippen LogP contribution in [0.1, 0.15) is 11.1 Å². The van der Waals surface area contributed by atoms with Gasteiger partial charge >= 0.3 is 5.69 Å². The third kappa shape index (κ3) is 3.14. The zero-order chi connectivity index (χ0) is 14.7. The Morgan fingerprint density at radius 2 is 2.10 bits per heavy atom. The van der Waals surface area contributed by atoms with Crippen LogP contribution >= 0.6 is 15.9 Å². The summed E-state index contributed by atoms with van der Waals surface area (Å²) >= 11 is 3.13. The van der Waals surface area contributed by atoms with Crippen LogP contribution in [0, 0.1) is 22.9 Å². The minimum atomic E-state index is -0.505. The molecule has 0 N–H and O–H groups in total. The molecule has 0 spiro atoms. The Morgan fingerprint density at radius 1 is 1.35 bits per heavy atom. The van der Waals surface area contributed by atoms with Crippen molar-refractivity contribution in [2.45, 2.75) is 13.5 Å². The molecule has 0 amide bonds. The molecule has 0 saturated heterocycles. The highest BCUT2D eigenvalue weighted by molar-refractivity contribution is 9.10. The second-order valence-corrected chi connectivity index (χ2v) is 5.02. The van der Waals surface area contributed by atoms with Crippen molar-refractivity contribution in [3.63, 3.8) is 0 Å². The number of nitro benzene ring substituents is 1. The standard InChI is InChI=1S/C14H11BrFNO3/c1-9-5-6-12(17(18)19)13(7-9)20-8-10-3-2-4-11(16)14(10)15/h2-7H,8H2,1H3. The number of hydrogen-bond donors (Lipinski definition) is 0. The number of aryl methyl sites for hydroxylation is 1. The van der Waals surface area contributed by atoms with Gasteiger partial charge in [0.25, 0.3) is 0 Å². The Kier molecular flexibility index (Phi) is 4.34. The van der Waals surface area contributed by atoms with Gasteiger partial charge in [-0.25, -0.2) is 4.39 Å². The molecule has 0 bridgehead atoms. The molecule has 2 aromatic carbocycles. The minimum absolute atomic E-state index is 0.0443. The molecule has 0 fully saturated rings. The SMILES string of the molecule is Cc1ccc([N+](=O)[O-])c(OCc2cccc(F)c2Br)c1. The molecular formula is C14H11BrFNO3. The lowest BCUT2D eigenvalue weighted by atomic mass is 10.2. The van der Waals surface area contributed by atoms with Crippen LogP contribution in [0.3, 0.4) is 0 Å². The third-order valence-electron chi connectivity index (χ3n) is 2.73. The lowest BCUT2D eigenvalue weighted by Crippen LogP contribution is -2.01. The van der Waals surface area contributed by atoms with E-state index >= 15 is 0 Å². The monoisotopic (exact) mass is 339 g/mol. The van der Waals surface area contributed by atoms with Gasteiger partial charge in [0.2, 0.25) is 0 Å². The summed E-state index contributed by atoms with van der Waals surface area (Å²) in [5.74, 6) is -0.226. The number of ether oxygens (including phenoxy) is 1. The van der Waals surface area contributed by atoms with E-state index in [0.29, 0.717) is 10.0 Å². The largest absolute Gasteiger partial charge is 0.482 e. The Labute approximate surface area is 123 Å². The van der Waals surface area contributed by atoms with E-state index in [4.69, 9.17) is 4.74 Å². The second-order valence-electron chi connectivity index (χ2n) is 4.23.